The summed E-state index contributed by atoms with van der Waals surface area (Å²) in [5, 5.41) is 0. The van der Waals surface area contributed by atoms with Gasteiger partial charge in [-0.05, 0) is 19.8 Å². The van der Waals surface area contributed by atoms with Gasteiger partial charge >= 0.3 is 11.9 Å². The van der Waals surface area contributed by atoms with Gasteiger partial charge in [0.05, 0.1) is 11.5 Å². The molecule has 2 heterocycles. The van der Waals surface area contributed by atoms with Gasteiger partial charge in [0, 0.05) is 18.3 Å². The zero-order valence-corrected chi connectivity index (χ0v) is 16.0. The first kappa shape index (κ1) is 17.2. The Morgan fingerprint density at radius 1 is 1.22 bits per heavy atom. The Hall–Kier alpha value is -1.95. The van der Waals surface area contributed by atoms with Crippen molar-refractivity contribution in [3.8, 4) is 0 Å². The summed E-state index contributed by atoms with van der Waals surface area (Å²) in [6.07, 6.45) is 8.51. The van der Waals surface area contributed by atoms with Gasteiger partial charge in [-0.2, -0.15) is 0 Å². The van der Waals surface area contributed by atoms with Gasteiger partial charge in [-0.15, -0.1) is 0 Å². The first-order chi connectivity index (χ1) is 12.6. The molecule has 0 radical (unpaired) electrons. The van der Waals surface area contributed by atoms with E-state index in [0.717, 1.165) is 0 Å². The van der Waals surface area contributed by atoms with Gasteiger partial charge in [-0.3, -0.25) is 9.59 Å². The van der Waals surface area contributed by atoms with Crippen LogP contribution in [0.5, 0.6) is 0 Å². The average molecular weight is 372 g/mol. The van der Waals surface area contributed by atoms with E-state index in [1.54, 1.807) is 6.92 Å². The van der Waals surface area contributed by atoms with E-state index in [-0.39, 0.29) is 30.3 Å². The molecular weight excluding hydrogens is 348 g/mol. The Kier molecular flexibility index (Phi) is 2.89. The second-order valence-electron chi connectivity index (χ2n) is 9.49. The monoisotopic (exact) mass is 372 g/mol. The van der Waals surface area contributed by atoms with Gasteiger partial charge in [0.1, 0.15) is 12.0 Å². The molecule has 0 amide bonds. The summed E-state index contributed by atoms with van der Waals surface area (Å²) in [5.41, 5.74) is -4.86. The summed E-state index contributed by atoms with van der Waals surface area (Å²) in [4.78, 5) is 38.9. The average Bonchev–Trinajstić information content (AvgIpc) is 2.79. The second kappa shape index (κ2) is 4.54. The number of rotatable bonds is 1. The van der Waals surface area contributed by atoms with Gasteiger partial charge in [0.2, 0.25) is 0 Å². The number of fused-ring (bicyclic) bond motifs is 1. The van der Waals surface area contributed by atoms with E-state index >= 15 is 0 Å². The minimum absolute atomic E-state index is 0.128. The van der Waals surface area contributed by atoms with Crippen LogP contribution in [0.3, 0.4) is 0 Å². The van der Waals surface area contributed by atoms with Crippen molar-refractivity contribution >= 4 is 17.7 Å². The maximum atomic E-state index is 14.0. The van der Waals surface area contributed by atoms with Crippen LogP contribution in [-0.2, 0) is 28.6 Å². The number of carbonyl (C=O) groups excluding carboxylic acids is 3. The van der Waals surface area contributed by atoms with Crippen LogP contribution < -0.4 is 0 Å². The molecule has 144 valence electrons. The summed E-state index contributed by atoms with van der Waals surface area (Å²) in [5.74, 6) is -1.61. The lowest BCUT2D eigenvalue weighted by atomic mass is 9.40. The quantitative estimate of drug-likeness (QED) is 0.518. The smallest absolute Gasteiger partial charge is 0.339 e. The number of carbonyl (C=O) groups is 3. The third-order valence-electron chi connectivity index (χ3n) is 7.70. The molecule has 6 atom stereocenters. The molecule has 6 aliphatic rings. The standard InChI is InChI=1S/C21H24O6/c1-12(22)26-18(4)13-6-9-20(14(18)23)19-8-5-7-17(2,3)15(19)27-21(20,10-13)16(24)25-11-19/h5-7,9,13,15H,8,10-11H2,1-4H3/t13?,15-,18+,19?,20?,21+/m1/s1. The van der Waals surface area contributed by atoms with Gasteiger partial charge < -0.3 is 14.2 Å². The molecule has 4 aliphatic carbocycles. The fourth-order valence-corrected chi connectivity index (χ4v) is 6.65. The molecule has 4 bridgehead atoms. The Morgan fingerprint density at radius 2 is 1.96 bits per heavy atom. The number of hydrogen-bond acceptors (Lipinski definition) is 6. The highest BCUT2D eigenvalue weighted by Gasteiger charge is 2.87. The van der Waals surface area contributed by atoms with Crippen LogP contribution in [0.2, 0.25) is 0 Å². The van der Waals surface area contributed by atoms with Crippen molar-refractivity contribution in [1.82, 2.24) is 0 Å². The number of Topliss-reactive ketones (excluding diaryl/α,β-unsaturated/α-hetero) is 1. The molecule has 3 fully saturated rings. The first-order valence-electron chi connectivity index (χ1n) is 9.52. The molecule has 0 aromatic heterocycles. The highest BCUT2D eigenvalue weighted by molar-refractivity contribution is 6.06. The van der Waals surface area contributed by atoms with Crippen LogP contribution >= 0.6 is 0 Å². The fraction of sp³-hybridized carbons (Fsp3) is 0.667. The molecule has 1 saturated carbocycles. The summed E-state index contributed by atoms with van der Waals surface area (Å²) in [7, 11) is 0. The Bertz CT molecular complexity index is 855. The molecule has 2 saturated heterocycles. The van der Waals surface area contributed by atoms with E-state index in [1.165, 1.54) is 6.92 Å². The van der Waals surface area contributed by atoms with Crippen LogP contribution in [0.4, 0.5) is 0 Å². The van der Waals surface area contributed by atoms with Crippen molar-refractivity contribution in [2.75, 3.05) is 6.61 Å². The predicted octanol–water partition coefficient (Wildman–Crippen LogP) is 2.12. The number of cyclic esters (lactones) is 1. The van der Waals surface area contributed by atoms with E-state index < -0.39 is 39.9 Å². The van der Waals surface area contributed by atoms with Crippen molar-refractivity contribution in [2.24, 2.45) is 22.2 Å². The van der Waals surface area contributed by atoms with E-state index in [0.29, 0.717) is 6.42 Å². The van der Waals surface area contributed by atoms with Crippen LogP contribution in [0.25, 0.3) is 0 Å². The molecule has 6 rings (SSSR count). The maximum Gasteiger partial charge on any atom is 0.339 e. The third-order valence-corrected chi connectivity index (χ3v) is 7.70. The van der Waals surface area contributed by atoms with Crippen LogP contribution in [-0.4, -0.2) is 41.6 Å². The molecule has 3 unspecified atom stereocenters. The van der Waals surface area contributed by atoms with E-state index in [9.17, 15) is 14.4 Å². The van der Waals surface area contributed by atoms with Crippen molar-refractivity contribution < 1.29 is 28.6 Å². The van der Waals surface area contributed by atoms with Crippen LogP contribution in [0.15, 0.2) is 24.3 Å². The molecule has 0 N–H and O–H groups in total. The zero-order valence-electron chi connectivity index (χ0n) is 16.0. The highest BCUT2D eigenvalue weighted by Crippen LogP contribution is 2.74. The highest BCUT2D eigenvalue weighted by atomic mass is 16.6. The number of ether oxygens (including phenoxy) is 3. The Morgan fingerprint density at radius 3 is 2.67 bits per heavy atom. The predicted molar refractivity (Wildman–Crippen MR) is 93.4 cm³/mol. The summed E-state index contributed by atoms with van der Waals surface area (Å²) >= 11 is 0. The molecule has 0 aromatic rings. The van der Waals surface area contributed by atoms with Gasteiger partial charge in [-0.1, -0.05) is 38.2 Å². The van der Waals surface area contributed by atoms with Crippen LogP contribution in [0.1, 0.15) is 40.5 Å². The molecule has 6 nitrogen and oxygen atoms in total. The normalized spacial score (nSPS) is 50.8. The molecule has 2 spiro atoms. The van der Waals surface area contributed by atoms with Gasteiger partial charge in [-0.25, -0.2) is 4.79 Å². The number of hydrogen-bond donors (Lipinski definition) is 0. The van der Waals surface area contributed by atoms with E-state index in [4.69, 9.17) is 14.2 Å². The van der Waals surface area contributed by atoms with Gasteiger partial charge in [0.25, 0.3) is 0 Å². The first-order valence-corrected chi connectivity index (χ1v) is 9.52. The van der Waals surface area contributed by atoms with Crippen molar-refractivity contribution in [1.29, 1.82) is 0 Å². The summed E-state index contributed by atoms with van der Waals surface area (Å²) < 4.78 is 17.8. The lowest BCUT2D eigenvalue weighted by Crippen LogP contribution is -2.76. The molecular formula is C21H24O6. The second-order valence-corrected chi connectivity index (χ2v) is 9.49. The van der Waals surface area contributed by atoms with Crippen molar-refractivity contribution in [3.05, 3.63) is 24.3 Å². The lowest BCUT2D eigenvalue weighted by molar-refractivity contribution is -0.221. The number of allylic oxidation sites excluding steroid dienone is 1. The molecule has 27 heavy (non-hydrogen) atoms. The maximum absolute atomic E-state index is 14.0. The molecule has 2 aliphatic heterocycles. The van der Waals surface area contributed by atoms with Gasteiger partial charge in [0.15, 0.2) is 17.0 Å². The zero-order chi connectivity index (χ0) is 19.5. The summed E-state index contributed by atoms with van der Waals surface area (Å²) in [6.45, 7) is 7.24. The molecule has 0 aromatic carbocycles. The van der Waals surface area contributed by atoms with Crippen molar-refractivity contribution in [2.45, 2.75) is 57.8 Å². The topological polar surface area (TPSA) is 78.9 Å². The number of esters is 2. The largest absolute Gasteiger partial charge is 0.463 e. The lowest BCUT2D eigenvalue weighted by Gasteiger charge is -2.61. The Labute approximate surface area is 157 Å². The SMILES string of the molecule is CC(=O)O[C@]1(C)C(=O)C23C=CC1C[C@@]21O[C@@H]2C(C)(C)C=CCC23COC1=O. The minimum atomic E-state index is -1.34. The van der Waals surface area contributed by atoms with Crippen molar-refractivity contribution in [3.63, 3.8) is 0 Å². The third kappa shape index (κ3) is 1.54. The minimum Gasteiger partial charge on any atom is -0.463 e. The fourth-order valence-electron chi connectivity index (χ4n) is 6.65. The molecule has 6 heteroatoms. The van der Waals surface area contributed by atoms with E-state index in [1.807, 2.05) is 12.2 Å². The Balaban J connectivity index is 1.79. The summed E-state index contributed by atoms with van der Waals surface area (Å²) in [6, 6.07) is 0. The van der Waals surface area contributed by atoms with E-state index in [2.05, 4.69) is 26.0 Å². The number of ketones is 1. The van der Waals surface area contributed by atoms with Crippen LogP contribution in [0, 0.1) is 22.2 Å².